The van der Waals surface area contributed by atoms with Crippen LogP contribution in [0.2, 0.25) is 0 Å². The molecule has 0 saturated carbocycles. The van der Waals surface area contributed by atoms with Crippen molar-refractivity contribution in [2.45, 2.75) is 11.5 Å². The van der Waals surface area contributed by atoms with Crippen LogP contribution in [0.3, 0.4) is 0 Å². The standard InChI is InChI=1S/C7H6F2O3S.Na.H/c8-7(9)12-5-1-3-6(4-2-5)13(10)11;;/h1-4,7H,(H,10,11);;. The van der Waals surface area contributed by atoms with E-state index in [1.807, 2.05) is 0 Å². The van der Waals surface area contributed by atoms with Gasteiger partial charge in [0.2, 0.25) is 0 Å². The molecule has 0 aliphatic rings. The van der Waals surface area contributed by atoms with E-state index in [0.717, 1.165) is 0 Å². The van der Waals surface area contributed by atoms with Crippen LogP contribution >= 0.6 is 0 Å². The van der Waals surface area contributed by atoms with Crippen LogP contribution in [0.1, 0.15) is 0 Å². The zero-order chi connectivity index (χ0) is 9.84. The molecule has 0 saturated heterocycles. The van der Waals surface area contributed by atoms with Crippen LogP contribution in [-0.2, 0) is 11.1 Å². The molecule has 1 unspecified atom stereocenters. The molecule has 0 aliphatic carbocycles. The summed E-state index contributed by atoms with van der Waals surface area (Å²) in [6.07, 6.45) is 0. The predicted molar refractivity (Wildman–Crippen MR) is 49.3 cm³/mol. The molecule has 1 N–H and O–H groups in total. The molecule has 0 bridgehead atoms. The number of rotatable bonds is 3. The van der Waals surface area contributed by atoms with Gasteiger partial charge < -0.3 is 9.29 Å². The Bertz CT molecular complexity index is 304. The van der Waals surface area contributed by atoms with Crippen molar-refractivity contribution in [2.24, 2.45) is 0 Å². The summed E-state index contributed by atoms with van der Waals surface area (Å²) in [5.74, 6) is -0.0378. The van der Waals surface area contributed by atoms with E-state index in [1.54, 1.807) is 0 Å². The molecule has 0 aromatic heterocycles. The van der Waals surface area contributed by atoms with Crippen molar-refractivity contribution in [2.75, 3.05) is 0 Å². The number of halogens is 2. The van der Waals surface area contributed by atoms with Gasteiger partial charge in [0.25, 0.3) is 0 Å². The minimum atomic E-state index is -2.88. The summed E-state index contributed by atoms with van der Waals surface area (Å²) >= 11 is -2.09. The SMILES string of the molecule is O=S(O)c1ccc(OC(F)F)cc1.[NaH]. The molecule has 0 fully saturated rings. The van der Waals surface area contributed by atoms with E-state index >= 15 is 0 Å². The average molecular weight is 232 g/mol. The second-order valence-corrected chi connectivity index (χ2v) is 3.07. The molecule has 14 heavy (non-hydrogen) atoms. The van der Waals surface area contributed by atoms with Gasteiger partial charge in [-0.25, -0.2) is 4.21 Å². The van der Waals surface area contributed by atoms with E-state index in [-0.39, 0.29) is 40.2 Å². The van der Waals surface area contributed by atoms with E-state index in [0.29, 0.717) is 0 Å². The van der Waals surface area contributed by atoms with Crippen molar-refractivity contribution >= 4 is 40.6 Å². The first-order chi connectivity index (χ1) is 6.09. The summed E-state index contributed by atoms with van der Waals surface area (Å²) in [6.45, 7) is -2.88. The van der Waals surface area contributed by atoms with E-state index in [4.69, 9.17) is 4.55 Å². The molecule has 0 amide bonds. The van der Waals surface area contributed by atoms with Gasteiger partial charge in [0.1, 0.15) is 5.75 Å². The molecular weight excluding hydrogens is 225 g/mol. The normalized spacial score (nSPS) is 12.0. The molecule has 0 heterocycles. The van der Waals surface area contributed by atoms with Crippen molar-refractivity contribution in [3.63, 3.8) is 0 Å². The second-order valence-electron chi connectivity index (χ2n) is 2.10. The van der Waals surface area contributed by atoms with E-state index in [1.165, 1.54) is 24.3 Å². The van der Waals surface area contributed by atoms with Gasteiger partial charge in [-0.3, -0.25) is 0 Å². The summed E-state index contributed by atoms with van der Waals surface area (Å²) in [5, 5.41) is 0. The Kier molecular flexibility index (Phi) is 6.46. The summed E-state index contributed by atoms with van der Waals surface area (Å²) in [7, 11) is 0. The molecule has 0 spiro atoms. The monoisotopic (exact) mass is 232 g/mol. The van der Waals surface area contributed by atoms with Crippen molar-refractivity contribution in [3.8, 4) is 5.75 Å². The van der Waals surface area contributed by atoms with E-state index in [2.05, 4.69) is 4.74 Å². The Balaban J connectivity index is 0.00000169. The van der Waals surface area contributed by atoms with Crippen molar-refractivity contribution < 1.29 is 22.3 Å². The van der Waals surface area contributed by atoms with E-state index in [9.17, 15) is 13.0 Å². The number of hydrogen-bond acceptors (Lipinski definition) is 2. The van der Waals surface area contributed by atoms with Crippen LogP contribution in [0, 0.1) is 0 Å². The summed E-state index contributed by atoms with van der Waals surface area (Å²) < 4.78 is 46.4. The van der Waals surface area contributed by atoms with Gasteiger partial charge in [-0.1, -0.05) is 0 Å². The molecule has 1 aromatic rings. The Morgan fingerprint density at radius 2 is 1.79 bits per heavy atom. The fraction of sp³-hybridized carbons (Fsp3) is 0.143. The third kappa shape index (κ3) is 4.47. The number of hydrogen-bond donors (Lipinski definition) is 1. The molecule has 0 aliphatic heterocycles. The molecule has 0 radical (unpaired) electrons. The second kappa shape index (κ2) is 6.47. The summed E-state index contributed by atoms with van der Waals surface area (Å²) in [5.41, 5.74) is 0. The van der Waals surface area contributed by atoms with Crippen LogP contribution in [0.15, 0.2) is 29.2 Å². The van der Waals surface area contributed by atoms with Gasteiger partial charge >= 0.3 is 36.2 Å². The van der Waals surface area contributed by atoms with Crippen LogP contribution in [0.5, 0.6) is 5.75 Å². The van der Waals surface area contributed by atoms with Crippen molar-refractivity contribution in [3.05, 3.63) is 24.3 Å². The first kappa shape index (κ1) is 14.0. The summed E-state index contributed by atoms with van der Waals surface area (Å²) in [6, 6.07) is 4.90. The first-order valence-corrected chi connectivity index (χ1v) is 4.36. The number of alkyl halides is 2. The first-order valence-electron chi connectivity index (χ1n) is 3.25. The number of benzene rings is 1. The molecule has 7 heteroatoms. The fourth-order valence-corrected chi connectivity index (χ4v) is 1.11. The Morgan fingerprint density at radius 3 is 2.14 bits per heavy atom. The molecule has 1 atom stereocenters. The van der Waals surface area contributed by atoms with Crippen molar-refractivity contribution in [1.82, 2.24) is 0 Å². The molecular formula is C7H7F2NaO3S. The van der Waals surface area contributed by atoms with Crippen molar-refractivity contribution in [1.29, 1.82) is 0 Å². The molecule has 3 nitrogen and oxygen atoms in total. The van der Waals surface area contributed by atoms with Gasteiger partial charge in [0, 0.05) is 0 Å². The number of ether oxygens (including phenoxy) is 1. The molecule has 74 valence electrons. The third-order valence-corrected chi connectivity index (χ3v) is 1.93. The van der Waals surface area contributed by atoms with Gasteiger partial charge in [-0.05, 0) is 24.3 Å². The summed E-state index contributed by atoms with van der Waals surface area (Å²) in [4.78, 5) is 0.140. The van der Waals surface area contributed by atoms with Crippen LogP contribution in [0.4, 0.5) is 8.78 Å². The van der Waals surface area contributed by atoms with Crippen LogP contribution in [0.25, 0.3) is 0 Å². The van der Waals surface area contributed by atoms with Crippen LogP contribution in [-0.4, -0.2) is 44.9 Å². The third-order valence-electron chi connectivity index (χ3n) is 1.25. The quantitative estimate of drug-likeness (QED) is 0.629. The molecule has 1 aromatic carbocycles. The zero-order valence-corrected chi connectivity index (χ0v) is 7.13. The minimum absolute atomic E-state index is 0. The Labute approximate surface area is 104 Å². The Hall–Kier alpha value is -0.0100. The maximum absolute atomic E-state index is 11.6. The molecule has 1 rings (SSSR count). The maximum atomic E-state index is 11.6. The topological polar surface area (TPSA) is 46.5 Å². The van der Waals surface area contributed by atoms with Crippen LogP contribution < -0.4 is 4.74 Å². The van der Waals surface area contributed by atoms with Gasteiger partial charge in [0.05, 0.1) is 4.90 Å². The van der Waals surface area contributed by atoms with Gasteiger partial charge in [-0.15, -0.1) is 0 Å². The van der Waals surface area contributed by atoms with Gasteiger partial charge in [-0.2, -0.15) is 8.78 Å². The Morgan fingerprint density at radius 1 is 1.29 bits per heavy atom. The average Bonchev–Trinajstić information content (AvgIpc) is 2.04. The predicted octanol–water partition coefficient (Wildman–Crippen LogP) is 1.22. The van der Waals surface area contributed by atoms with Gasteiger partial charge in [0.15, 0.2) is 11.1 Å². The van der Waals surface area contributed by atoms with E-state index < -0.39 is 17.7 Å². The zero-order valence-electron chi connectivity index (χ0n) is 6.31. The fourth-order valence-electron chi connectivity index (χ4n) is 0.737.